The molecule has 1 aliphatic heterocycles. The van der Waals surface area contributed by atoms with Gasteiger partial charge in [0.1, 0.15) is 12.1 Å². The van der Waals surface area contributed by atoms with E-state index in [9.17, 15) is 14.8 Å². The quantitative estimate of drug-likeness (QED) is 0.551. The van der Waals surface area contributed by atoms with Gasteiger partial charge in [-0.2, -0.15) is 4.91 Å². The number of hydrogen-bond donors (Lipinski definition) is 3. The highest BCUT2D eigenvalue weighted by molar-refractivity contribution is 5.82. The summed E-state index contributed by atoms with van der Waals surface area (Å²) in [5.41, 5.74) is -0.493. The number of carbonyl (C=O) groups excluding carboxylic acids is 1. The first-order valence-corrected chi connectivity index (χ1v) is 6.67. The molecule has 112 valence electrons. The van der Waals surface area contributed by atoms with Crippen molar-refractivity contribution in [2.75, 3.05) is 26.2 Å². The van der Waals surface area contributed by atoms with Crippen LogP contribution in [0.5, 0.6) is 0 Å². The summed E-state index contributed by atoms with van der Waals surface area (Å²) in [5, 5.41) is 23.9. The van der Waals surface area contributed by atoms with E-state index in [4.69, 9.17) is 5.11 Å². The molecular weight excluding hydrogens is 262 g/mol. The maximum atomic E-state index is 11.6. The predicted octanol–water partition coefficient (Wildman–Crippen LogP) is 0.164. The summed E-state index contributed by atoms with van der Waals surface area (Å²) >= 11 is 0. The molecule has 7 nitrogen and oxygen atoms in total. The second kappa shape index (κ2) is 8.55. The summed E-state index contributed by atoms with van der Waals surface area (Å²) in [5.74, 6) is -0.171. The third kappa shape index (κ3) is 6.03. The molecular formula is C13H21N3O4. The van der Waals surface area contributed by atoms with Gasteiger partial charge in [0, 0.05) is 25.7 Å². The van der Waals surface area contributed by atoms with E-state index in [1.807, 2.05) is 6.08 Å². The normalized spacial score (nSPS) is 19.6. The minimum absolute atomic E-state index is 0.0824. The molecule has 7 heteroatoms. The molecule has 1 heterocycles. The fourth-order valence-electron chi connectivity index (χ4n) is 1.83. The van der Waals surface area contributed by atoms with Gasteiger partial charge in [-0.15, -0.1) is 0 Å². The average Bonchev–Trinajstić information content (AvgIpc) is 2.46. The van der Waals surface area contributed by atoms with Crippen LogP contribution in [-0.4, -0.2) is 54.2 Å². The lowest BCUT2D eigenvalue weighted by Crippen LogP contribution is -2.40. The number of nitrogens with one attached hydrogen (secondary N) is 1. The van der Waals surface area contributed by atoms with Crippen LogP contribution < -0.4 is 5.32 Å². The molecule has 3 N–H and O–H groups in total. The van der Waals surface area contributed by atoms with E-state index in [-0.39, 0.29) is 31.8 Å². The largest absolute Gasteiger partial charge is 0.393 e. The predicted molar refractivity (Wildman–Crippen MR) is 75.6 cm³/mol. The molecule has 20 heavy (non-hydrogen) atoms. The molecule has 1 unspecified atom stereocenters. The Balaban J connectivity index is 2.27. The van der Waals surface area contributed by atoms with Crippen molar-refractivity contribution in [3.63, 3.8) is 0 Å². The summed E-state index contributed by atoms with van der Waals surface area (Å²) in [6.07, 6.45) is 5.91. The van der Waals surface area contributed by atoms with E-state index in [1.54, 1.807) is 6.21 Å². The van der Waals surface area contributed by atoms with Gasteiger partial charge in [0.15, 0.2) is 0 Å². The molecule has 0 aromatic carbocycles. The fourth-order valence-corrected chi connectivity index (χ4v) is 1.83. The minimum Gasteiger partial charge on any atom is -0.393 e. The van der Waals surface area contributed by atoms with Crippen molar-refractivity contribution in [1.82, 2.24) is 5.32 Å². The molecule has 0 saturated heterocycles. The molecule has 1 aliphatic rings. The van der Waals surface area contributed by atoms with Crippen LogP contribution in [0.1, 0.15) is 25.7 Å². The summed E-state index contributed by atoms with van der Waals surface area (Å²) in [7, 11) is 0. The standard InChI is InChI=1S/C13H21N3O4/c17-10-13(19,9-16-20)5-7-15-12(18)4-3-11-2-1-6-14-8-11/h3,8,17,19H,1-2,4-7,9-10H2,(H,15,18)/b11-3-. The van der Waals surface area contributed by atoms with Crippen LogP contribution in [0.4, 0.5) is 0 Å². The number of nitroso groups, excluding NO2 is 1. The lowest BCUT2D eigenvalue weighted by atomic mass is 10.0. The monoisotopic (exact) mass is 283 g/mol. The Morgan fingerprint density at radius 3 is 3.00 bits per heavy atom. The number of carbonyl (C=O) groups is 1. The molecule has 0 aromatic rings. The average molecular weight is 283 g/mol. The Labute approximate surface area is 117 Å². The Hall–Kier alpha value is -1.60. The number of hydrogen-bond acceptors (Lipinski definition) is 6. The first-order chi connectivity index (χ1) is 9.59. The highest BCUT2D eigenvalue weighted by Gasteiger charge is 2.26. The van der Waals surface area contributed by atoms with Gasteiger partial charge in [0.2, 0.25) is 5.91 Å². The molecule has 1 atom stereocenters. The van der Waals surface area contributed by atoms with Crippen LogP contribution in [0, 0.1) is 4.91 Å². The number of amides is 1. The van der Waals surface area contributed by atoms with Gasteiger partial charge in [0.25, 0.3) is 0 Å². The maximum Gasteiger partial charge on any atom is 0.223 e. The van der Waals surface area contributed by atoms with E-state index in [1.165, 1.54) is 0 Å². The highest BCUT2D eigenvalue weighted by atomic mass is 16.3. The minimum atomic E-state index is -1.55. The smallest absolute Gasteiger partial charge is 0.223 e. The molecule has 0 bridgehead atoms. The summed E-state index contributed by atoms with van der Waals surface area (Å²) in [6, 6.07) is 0. The SMILES string of the molecule is O=NCC(O)(CO)CCNC(=O)C/C=C1\C=NCCC1. The zero-order chi connectivity index (χ0) is 14.8. The second-order valence-corrected chi connectivity index (χ2v) is 4.89. The number of aliphatic hydroxyl groups excluding tert-OH is 1. The Morgan fingerprint density at radius 1 is 1.60 bits per heavy atom. The van der Waals surface area contributed by atoms with Crippen molar-refractivity contribution in [2.45, 2.75) is 31.3 Å². The molecule has 1 amide bonds. The van der Waals surface area contributed by atoms with E-state index < -0.39 is 12.2 Å². The third-order valence-electron chi connectivity index (χ3n) is 3.13. The van der Waals surface area contributed by atoms with Crippen LogP contribution in [-0.2, 0) is 4.79 Å². The van der Waals surface area contributed by atoms with Gasteiger partial charge >= 0.3 is 0 Å². The van der Waals surface area contributed by atoms with Gasteiger partial charge in [-0.05, 0) is 24.8 Å². The second-order valence-electron chi connectivity index (χ2n) is 4.89. The topological polar surface area (TPSA) is 111 Å². The van der Waals surface area contributed by atoms with Crippen LogP contribution in [0.2, 0.25) is 0 Å². The first kappa shape index (κ1) is 16.5. The molecule has 0 saturated carbocycles. The number of aliphatic imine (C=N–C) groups is 1. The molecule has 0 fully saturated rings. The zero-order valence-electron chi connectivity index (χ0n) is 11.4. The Bertz CT molecular complexity index is 395. The van der Waals surface area contributed by atoms with Gasteiger partial charge in [-0.25, -0.2) is 0 Å². The highest BCUT2D eigenvalue weighted by Crippen LogP contribution is 2.10. The van der Waals surface area contributed by atoms with E-state index in [0.29, 0.717) is 0 Å². The number of aliphatic hydroxyl groups is 2. The van der Waals surface area contributed by atoms with E-state index >= 15 is 0 Å². The molecule has 1 rings (SSSR count). The van der Waals surface area contributed by atoms with E-state index in [2.05, 4.69) is 15.5 Å². The summed E-state index contributed by atoms with van der Waals surface area (Å²) in [4.78, 5) is 25.9. The summed E-state index contributed by atoms with van der Waals surface area (Å²) < 4.78 is 0. The maximum absolute atomic E-state index is 11.6. The van der Waals surface area contributed by atoms with Crippen LogP contribution in [0.25, 0.3) is 0 Å². The lowest BCUT2D eigenvalue weighted by molar-refractivity contribution is -0.120. The van der Waals surface area contributed by atoms with Crippen molar-refractivity contribution in [1.29, 1.82) is 0 Å². The lowest BCUT2D eigenvalue weighted by Gasteiger charge is -2.22. The number of nitrogens with zero attached hydrogens (tertiary/aromatic N) is 2. The zero-order valence-corrected chi connectivity index (χ0v) is 11.4. The van der Waals surface area contributed by atoms with Crippen LogP contribution >= 0.6 is 0 Å². The third-order valence-corrected chi connectivity index (χ3v) is 3.13. The van der Waals surface area contributed by atoms with Crippen molar-refractivity contribution in [3.05, 3.63) is 16.6 Å². The van der Waals surface area contributed by atoms with Crippen LogP contribution in [0.15, 0.2) is 21.8 Å². The fraction of sp³-hybridized carbons (Fsp3) is 0.692. The van der Waals surface area contributed by atoms with Gasteiger partial charge in [-0.1, -0.05) is 11.3 Å². The molecule has 0 aromatic heterocycles. The Kier molecular flexibility index (Phi) is 7.03. The first-order valence-electron chi connectivity index (χ1n) is 6.67. The van der Waals surface area contributed by atoms with Gasteiger partial charge in [0.05, 0.1) is 6.61 Å². The van der Waals surface area contributed by atoms with Crippen molar-refractivity contribution < 1.29 is 15.0 Å². The van der Waals surface area contributed by atoms with Crippen molar-refractivity contribution >= 4 is 12.1 Å². The van der Waals surface area contributed by atoms with Gasteiger partial charge in [-0.3, -0.25) is 9.79 Å². The van der Waals surface area contributed by atoms with Gasteiger partial charge < -0.3 is 15.5 Å². The molecule has 0 radical (unpaired) electrons. The number of allylic oxidation sites excluding steroid dienone is 1. The number of rotatable bonds is 8. The summed E-state index contributed by atoms with van der Waals surface area (Å²) in [6.45, 7) is 0.0751. The molecule has 0 spiro atoms. The molecule has 0 aliphatic carbocycles. The van der Waals surface area contributed by atoms with Crippen molar-refractivity contribution in [2.24, 2.45) is 10.2 Å². The Morgan fingerprint density at radius 2 is 2.40 bits per heavy atom. The van der Waals surface area contributed by atoms with Crippen molar-refractivity contribution in [3.8, 4) is 0 Å². The van der Waals surface area contributed by atoms with E-state index in [0.717, 1.165) is 25.0 Å². The van der Waals surface area contributed by atoms with Crippen LogP contribution in [0.3, 0.4) is 0 Å².